The van der Waals surface area contributed by atoms with Crippen LogP contribution in [-0.4, -0.2) is 20.3 Å². The van der Waals surface area contributed by atoms with Crippen molar-refractivity contribution in [2.75, 3.05) is 5.32 Å². The van der Waals surface area contributed by atoms with Gasteiger partial charge in [-0.25, -0.2) is 4.98 Å². The summed E-state index contributed by atoms with van der Waals surface area (Å²) < 4.78 is 1.93. The smallest absolute Gasteiger partial charge is 0.230 e. The number of nitrogens with one attached hydrogen (secondary N) is 1. The molecule has 0 radical (unpaired) electrons. The Morgan fingerprint density at radius 2 is 2.17 bits per heavy atom. The van der Waals surface area contributed by atoms with E-state index in [2.05, 4.69) is 15.3 Å². The third-order valence-electron chi connectivity index (χ3n) is 3.62. The van der Waals surface area contributed by atoms with Crippen LogP contribution in [0, 0.1) is 6.92 Å². The number of aromatic nitrogens is 3. The second-order valence-corrected chi connectivity index (χ2v) is 6.25. The van der Waals surface area contributed by atoms with E-state index in [4.69, 9.17) is 0 Å². The maximum Gasteiger partial charge on any atom is 0.230 e. The van der Waals surface area contributed by atoms with Crippen molar-refractivity contribution in [2.45, 2.75) is 13.3 Å². The summed E-state index contributed by atoms with van der Waals surface area (Å²) in [7, 11) is 0. The Labute approximate surface area is 136 Å². The molecule has 0 atom stereocenters. The van der Waals surface area contributed by atoms with E-state index in [0.717, 1.165) is 32.9 Å². The molecule has 4 rings (SSSR count). The molecule has 0 saturated carbocycles. The van der Waals surface area contributed by atoms with E-state index in [0.29, 0.717) is 0 Å². The number of aryl methyl sites for hydroxylation is 1. The van der Waals surface area contributed by atoms with Gasteiger partial charge in [-0.2, -0.15) is 0 Å². The molecule has 5 nitrogen and oxygen atoms in total. The van der Waals surface area contributed by atoms with Gasteiger partial charge < -0.3 is 5.32 Å². The summed E-state index contributed by atoms with van der Waals surface area (Å²) >= 11 is 1.55. The predicted molar refractivity (Wildman–Crippen MR) is 91.9 cm³/mol. The Balaban J connectivity index is 1.58. The number of fused-ring (bicyclic) bond motifs is 2. The molecule has 0 unspecified atom stereocenters. The lowest BCUT2D eigenvalue weighted by Gasteiger charge is -2.08. The fraction of sp³-hybridized carbons (Fsp3) is 0.118. The second-order valence-electron chi connectivity index (χ2n) is 5.38. The number of amides is 1. The average Bonchev–Trinajstić information content (AvgIpc) is 3.09. The van der Waals surface area contributed by atoms with Gasteiger partial charge in [-0.3, -0.25) is 14.2 Å². The average molecular weight is 322 g/mol. The summed E-state index contributed by atoms with van der Waals surface area (Å²) in [5.41, 5.74) is 3.23. The molecule has 0 bridgehead atoms. The fourth-order valence-corrected chi connectivity index (χ4v) is 3.28. The minimum atomic E-state index is -0.0911. The van der Waals surface area contributed by atoms with Crippen LogP contribution in [0.15, 0.2) is 48.1 Å². The maximum absolute atomic E-state index is 12.3. The summed E-state index contributed by atoms with van der Waals surface area (Å²) in [6.45, 7) is 1.94. The SMILES string of the molecule is Cc1ccc2cccc(NC(=O)Cc3cn4ccsc4n3)c2n1. The number of nitrogens with zero attached hydrogens (tertiary/aromatic N) is 3. The minimum Gasteiger partial charge on any atom is -0.324 e. The van der Waals surface area contributed by atoms with Crippen LogP contribution in [0.4, 0.5) is 5.69 Å². The van der Waals surface area contributed by atoms with E-state index < -0.39 is 0 Å². The third kappa shape index (κ3) is 2.68. The van der Waals surface area contributed by atoms with Crippen molar-refractivity contribution in [1.82, 2.24) is 14.4 Å². The van der Waals surface area contributed by atoms with Crippen molar-refractivity contribution >= 4 is 38.8 Å². The minimum absolute atomic E-state index is 0.0911. The number of pyridine rings is 1. The van der Waals surface area contributed by atoms with Crippen molar-refractivity contribution in [3.05, 3.63) is 59.5 Å². The standard InChI is InChI=1S/C17H14N4OS/c1-11-5-6-12-3-2-4-14(16(12)18-11)20-15(22)9-13-10-21-7-8-23-17(21)19-13/h2-8,10H,9H2,1H3,(H,20,22). The number of hydrogen-bond donors (Lipinski definition) is 1. The molecule has 1 aromatic carbocycles. The highest BCUT2D eigenvalue weighted by Crippen LogP contribution is 2.22. The quantitative estimate of drug-likeness (QED) is 0.628. The van der Waals surface area contributed by atoms with Gasteiger partial charge in [0.05, 0.1) is 23.3 Å². The number of para-hydroxylation sites is 1. The predicted octanol–water partition coefficient (Wildman–Crippen LogP) is 3.43. The number of carbonyl (C=O) groups is 1. The molecule has 0 fully saturated rings. The van der Waals surface area contributed by atoms with E-state index in [9.17, 15) is 4.79 Å². The lowest BCUT2D eigenvalue weighted by molar-refractivity contribution is -0.115. The van der Waals surface area contributed by atoms with Crippen molar-refractivity contribution in [2.24, 2.45) is 0 Å². The van der Waals surface area contributed by atoms with Gasteiger partial charge in [0.2, 0.25) is 5.91 Å². The summed E-state index contributed by atoms with van der Waals surface area (Å²) in [5.74, 6) is -0.0911. The molecule has 3 heterocycles. The van der Waals surface area contributed by atoms with Crippen molar-refractivity contribution in [1.29, 1.82) is 0 Å². The molecule has 3 aromatic heterocycles. The van der Waals surface area contributed by atoms with Crippen molar-refractivity contribution < 1.29 is 4.79 Å². The molecule has 1 amide bonds. The molecule has 0 aliphatic heterocycles. The van der Waals surface area contributed by atoms with Crippen LogP contribution in [0.25, 0.3) is 15.9 Å². The van der Waals surface area contributed by atoms with Crippen LogP contribution in [-0.2, 0) is 11.2 Å². The number of imidazole rings is 1. The van der Waals surface area contributed by atoms with Crippen LogP contribution in [0.3, 0.4) is 0 Å². The number of rotatable bonds is 3. The van der Waals surface area contributed by atoms with E-state index in [1.807, 2.05) is 59.4 Å². The van der Waals surface area contributed by atoms with Gasteiger partial charge in [-0.15, -0.1) is 11.3 Å². The van der Waals surface area contributed by atoms with Gasteiger partial charge >= 0.3 is 0 Å². The van der Waals surface area contributed by atoms with Gasteiger partial charge in [-0.05, 0) is 19.1 Å². The normalized spacial score (nSPS) is 11.2. The molecular weight excluding hydrogens is 308 g/mol. The lowest BCUT2D eigenvalue weighted by Crippen LogP contribution is -2.15. The molecule has 114 valence electrons. The highest BCUT2D eigenvalue weighted by atomic mass is 32.1. The van der Waals surface area contributed by atoms with E-state index in [-0.39, 0.29) is 12.3 Å². The molecular formula is C17H14N4OS. The van der Waals surface area contributed by atoms with Gasteiger partial charge in [0.1, 0.15) is 0 Å². The zero-order valence-corrected chi connectivity index (χ0v) is 13.3. The zero-order chi connectivity index (χ0) is 15.8. The molecule has 0 aliphatic carbocycles. The van der Waals surface area contributed by atoms with Gasteiger partial charge in [0.25, 0.3) is 0 Å². The van der Waals surface area contributed by atoms with E-state index >= 15 is 0 Å². The highest BCUT2D eigenvalue weighted by Gasteiger charge is 2.11. The molecule has 0 spiro atoms. The van der Waals surface area contributed by atoms with Crippen molar-refractivity contribution in [3.8, 4) is 0 Å². The van der Waals surface area contributed by atoms with Crippen LogP contribution in [0.5, 0.6) is 0 Å². The first-order valence-corrected chi connectivity index (χ1v) is 8.14. The molecule has 23 heavy (non-hydrogen) atoms. The first kappa shape index (κ1) is 13.9. The Morgan fingerprint density at radius 1 is 1.26 bits per heavy atom. The van der Waals surface area contributed by atoms with E-state index in [1.165, 1.54) is 0 Å². The molecule has 0 aliphatic rings. The summed E-state index contributed by atoms with van der Waals surface area (Å²) in [5, 5.41) is 5.93. The zero-order valence-electron chi connectivity index (χ0n) is 12.5. The van der Waals surface area contributed by atoms with Crippen LogP contribution in [0.1, 0.15) is 11.4 Å². The van der Waals surface area contributed by atoms with Crippen LogP contribution >= 0.6 is 11.3 Å². The Morgan fingerprint density at radius 3 is 3.04 bits per heavy atom. The van der Waals surface area contributed by atoms with Crippen LogP contribution < -0.4 is 5.32 Å². The van der Waals surface area contributed by atoms with Gasteiger partial charge in [0.15, 0.2) is 4.96 Å². The number of hydrogen-bond acceptors (Lipinski definition) is 4. The Kier molecular flexibility index (Phi) is 3.31. The number of thiazole rings is 1. The largest absolute Gasteiger partial charge is 0.324 e. The summed E-state index contributed by atoms with van der Waals surface area (Å²) in [6, 6.07) is 9.75. The number of carbonyl (C=O) groups excluding carboxylic acids is 1. The molecule has 6 heteroatoms. The molecule has 1 N–H and O–H groups in total. The van der Waals surface area contributed by atoms with E-state index in [1.54, 1.807) is 11.3 Å². The van der Waals surface area contributed by atoms with Gasteiger partial charge in [-0.1, -0.05) is 18.2 Å². The van der Waals surface area contributed by atoms with Crippen LogP contribution in [0.2, 0.25) is 0 Å². The fourth-order valence-electron chi connectivity index (χ4n) is 2.57. The number of anilines is 1. The highest BCUT2D eigenvalue weighted by molar-refractivity contribution is 7.15. The monoisotopic (exact) mass is 322 g/mol. The third-order valence-corrected chi connectivity index (χ3v) is 4.39. The topological polar surface area (TPSA) is 59.3 Å². The molecule has 0 saturated heterocycles. The first-order valence-electron chi connectivity index (χ1n) is 7.26. The first-order chi connectivity index (χ1) is 11.2. The second kappa shape index (κ2) is 5.48. The Bertz CT molecular complexity index is 989. The number of benzene rings is 1. The van der Waals surface area contributed by atoms with Crippen molar-refractivity contribution in [3.63, 3.8) is 0 Å². The summed E-state index contributed by atoms with van der Waals surface area (Å²) in [6.07, 6.45) is 4.07. The Hall–Kier alpha value is -2.73. The van der Waals surface area contributed by atoms with Gasteiger partial charge in [0, 0.05) is 28.9 Å². The summed E-state index contributed by atoms with van der Waals surface area (Å²) in [4.78, 5) is 22.2. The molecule has 4 aromatic rings. The lowest BCUT2D eigenvalue weighted by atomic mass is 10.1. The maximum atomic E-state index is 12.3.